The number of rotatable bonds is 6. The van der Waals surface area contributed by atoms with Gasteiger partial charge < -0.3 is 20.6 Å². The van der Waals surface area contributed by atoms with E-state index in [1.807, 2.05) is 42.5 Å². The van der Waals surface area contributed by atoms with Gasteiger partial charge in [0.1, 0.15) is 0 Å². The molecule has 7 unspecified atom stereocenters. The number of nitrogens with zero attached hydrogens (tertiary/aromatic N) is 4. The van der Waals surface area contributed by atoms with Gasteiger partial charge in [-0.15, -0.1) is 0 Å². The lowest BCUT2D eigenvalue weighted by atomic mass is 9.45. The number of aliphatic hydroxyl groups excluding tert-OH is 1. The highest BCUT2D eigenvalue weighted by atomic mass is 35.5. The number of fused-ring (bicyclic) bond motifs is 3. The van der Waals surface area contributed by atoms with Gasteiger partial charge in [-0.1, -0.05) is 44.5 Å². The van der Waals surface area contributed by atoms with E-state index in [4.69, 9.17) is 16.6 Å². The Hall–Kier alpha value is -2.94. The van der Waals surface area contributed by atoms with Gasteiger partial charge >= 0.3 is 0 Å². The van der Waals surface area contributed by atoms with Gasteiger partial charge in [-0.25, -0.2) is 9.98 Å². The van der Waals surface area contributed by atoms with Gasteiger partial charge in [0.2, 0.25) is 0 Å². The van der Waals surface area contributed by atoms with Crippen LogP contribution in [0.5, 0.6) is 0 Å². The van der Waals surface area contributed by atoms with Crippen LogP contribution in [-0.2, 0) is 6.42 Å². The van der Waals surface area contributed by atoms with Gasteiger partial charge in [-0.2, -0.15) is 0 Å². The minimum Gasteiger partial charge on any atom is -0.394 e. The minimum atomic E-state index is -0.424. The van der Waals surface area contributed by atoms with Crippen LogP contribution in [0.25, 0.3) is 10.9 Å². The molecule has 4 aliphatic rings. The van der Waals surface area contributed by atoms with Gasteiger partial charge in [0, 0.05) is 35.9 Å². The Morgan fingerprint density at radius 3 is 2.51 bits per heavy atom. The van der Waals surface area contributed by atoms with Crippen LogP contribution in [0.2, 0.25) is 5.02 Å². The number of benzene rings is 2. The lowest BCUT2D eigenvalue weighted by molar-refractivity contribution is -0.108. The van der Waals surface area contributed by atoms with Crippen molar-refractivity contribution >= 4 is 34.2 Å². The van der Waals surface area contributed by atoms with Crippen molar-refractivity contribution in [2.75, 3.05) is 25.0 Å². The van der Waals surface area contributed by atoms with Gasteiger partial charge in [0.25, 0.3) is 5.56 Å². The molecule has 1 aromatic heterocycles. The molecule has 8 nitrogen and oxygen atoms in total. The molecule has 230 valence electrons. The van der Waals surface area contributed by atoms with Crippen LogP contribution in [0.15, 0.2) is 58.6 Å². The zero-order valence-corrected chi connectivity index (χ0v) is 26.7. The minimum absolute atomic E-state index is 0.166. The van der Waals surface area contributed by atoms with E-state index < -0.39 is 6.04 Å². The maximum atomic E-state index is 13.5. The van der Waals surface area contributed by atoms with E-state index in [9.17, 15) is 9.90 Å². The fourth-order valence-corrected chi connectivity index (χ4v) is 8.01. The van der Waals surface area contributed by atoms with Gasteiger partial charge in [0.05, 0.1) is 35.9 Å². The van der Waals surface area contributed by atoms with E-state index in [0.29, 0.717) is 51.8 Å². The van der Waals surface area contributed by atoms with E-state index in [-0.39, 0.29) is 12.2 Å². The van der Waals surface area contributed by atoms with Gasteiger partial charge in [-0.05, 0) is 92.2 Å². The number of hydrogen-bond donors (Lipinski definition) is 3. The second-order valence-electron chi connectivity index (χ2n) is 13.8. The molecule has 4 fully saturated rings. The molecular formula is C34H45ClN6O2. The smallest absolute Gasteiger partial charge is 0.261 e. The normalized spacial score (nSPS) is 29.3. The molecule has 3 aliphatic carbocycles. The first-order chi connectivity index (χ1) is 20.5. The summed E-state index contributed by atoms with van der Waals surface area (Å²) < 4.78 is 1.54. The van der Waals surface area contributed by atoms with Gasteiger partial charge in [-0.3, -0.25) is 9.36 Å². The third-order valence-corrected chi connectivity index (χ3v) is 10.7. The molecule has 1 aliphatic heterocycles. The van der Waals surface area contributed by atoms with Crippen LogP contribution >= 0.6 is 11.6 Å². The van der Waals surface area contributed by atoms with E-state index in [1.54, 1.807) is 6.33 Å². The lowest BCUT2D eigenvalue weighted by Crippen LogP contribution is -2.59. The molecule has 7 atom stereocenters. The molecule has 43 heavy (non-hydrogen) atoms. The van der Waals surface area contributed by atoms with Crippen LogP contribution < -0.4 is 16.2 Å². The fraction of sp³-hybridized carbons (Fsp3) is 0.559. The molecule has 0 spiro atoms. The Labute approximate surface area is 259 Å². The number of halogens is 1. The molecule has 0 radical (unpaired) electrons. The van der Waals surface area contributed by atoms with Crippen molar-refractivity contribution in [1.82, 2.24) is 19.8 Å². The third-order valence-electron chi connectivity index (χ3n) is 10.5. The molecule has 2 bridgehead atoms. The number of piperazine rings is 1. The van der Waals surface area contributed by atoms with Crippen molar-refractivity contribution in [2.45, 2.75) is 78.0 Å². The molecule has 7 rings (SSSR count). The number of hydrogen-bond acceptors (Lipinski definition) is 5. The van der Waals surface area contributed by atoms with Crippen LogP contribution in [0.3, 0.4) is 0 Å². The summed E-state index contributed by atoms with van der Waals surface area (Å²) in [6, 6.07) is 13.8. The predicted octanol–water partition coefficient (Wildman–Crippen LogP) is 5.35. The average Bonchev–Trinajstić information content (AvgIpc) is 2.97. The summed E-state index contributed by atoms with van der Waals surface area (Å²) >= 11 is 6.03. The molecule has 9 heteroatoms. The molecule has 3 aromatic rings. The van der Waals surface area contributed by atoms with Crippen molar-refractivity contribution in [3.63, 3.8) is 0 Å². The number of aliphatic imine (C=N–C) groups is 1. The molecular weight excluding hydrogens is 560 g/mol. The summed E-state index contributed by atoms with van der Waals surface area (Å²) in [6.07, 6.45) is 4.52. The van der Waals surface area contributed by atoms with E-state index in [0.717, 1.165) is 48.6 Å². The summed E-state index contributed by atoms with van der Waals surface area (Å²) in [5.74, 6) is 2.90. The second-order valence-corrected chi connectivity index (χ2v) is 14.3. The summed E-state index contributed by atoms with van der Waals surface area (Å²) in [7, 11) is 0. The Morgan fingerprint density at radius 1 is 1.14 bits per heavy atom. The van der Waals surface area contributed by atoms with Crippen LogP contribution in [0, 0.1) is 23.2 Å². The Balaban J connectivity index is 1.27. The van der Waals surface area contributed by atoms with Crippen LogP contribution in [0.1, 0.15) is 59.1 Å². The molecule has 3 saturated carbocycles. The topological polar surface area (TPSA) is 94.8 Å². The Morgan fingerprint density at radius 2 is 1.86 bits per heavy atom. The molecule has 2 aromatic carbocycles. The standard InChI is InChI=1S/C34H45ClN6O2/c1-20-16-40(17-21(2)37-20)33(39-30-14-24-13-29(22(30)3)34(24,4)5)38-26-10-11-28-31(15-26)36-19-41(32(28)43)27(18-42)12-23-6-8-25(35)9-7-23/h6-11,15,19-22,24,27,29-30,37,42H,12-14,16-18H2,1-5H3,(H,38,39). The highest BCUT2D eigenvalue weighted by Crippen LogP contribution is 2.61. The maximum absolute atomic E-state index is 13.5. The van der Waals surface area contributed by atoms with Crippen molar-refractivity contribution in [1.29, 1.82) is 0 Å². The summed E-state index contributed by atoms with van der Waals surface area (Å²) in [6.45, 7) is 13.3. The third kappa shape index (κ3) is 5.94. The van der Waals surface area contributed by atoms with Crippen molar-refractivity contribution in [3.05, 3.63) is 69.7 Å². The second kappa shape index (κ2) is 11.9. The van der Waals surface area contributed by atoms with Gasteiger partial charge in [0.15, 0.2) is 5.96 Å². The Kier molecular flexibility index (Phi) is 8.31. The van der Waals surface area contributed by atoms with E-state index in [2.05, 4.69) is 55.1 Å². The molecule has 1 saturated heterocycles. The number of guanidine groups is 1. The lowest BCUT2D eigenvalue weighted by Gasteiger charge is -2.61. The SMILES string of the molecule is CC1CN(C(=NC2CC3CC(C2C)C3(C)C)Nc2ccc3c(=O)n(C(CO)Cc4ccc(Cl)cc4)cnc3c2)CC(C)N1. The number of aliphatic hydroxyl groups is 1. The predicted molar refractivity (Wildman–Crippen MR) is 175 cm³/mol. The monoisotopic (exact) mass is 604 g/mol. The highest BCUT2D eigenvalue weighted by molar-refractivity contribution is 6.30. The molecule has 3 N–H and O–H groups in total. The first-order valence-electron chi connectivity index (χ1n) is 15.8. The maximum Gasteiger partial charge on any atom is 0.261 e. The van der Waals surface area contributed by atoms with Crippen LogP contribution in [0.4, 0.5) is 5.69 Å². The zero-order valence-electron chi connectivity index (χ0n) is 25.9. The first kappa shape index (κ1) is 30.1. The highest BCUT2D eigenvalue weighted by Gasteiger charge is 2.56. The summed E-state index contributed by atoms with van der Waals surface area (Å²) in [5, 5.41) is 18.6. The average molecular weight is 605 g/mol. The van der Waals surface area contributed by atoms with E-state index >= 15 is 0 Å². The Bertz CT molecular complexity index is 1540. The van der Waals surface area contributed by atoms with Crippen molar-refractivity contribution in [2.24, 2.45) is 28.2 Å². The zero-order chi connectivity index (χ0) is 30.5. The quantitative estimate of drug-likeness (QED) is 0.259. The van der Waals surface area contributed by atoms with Crippen molar-refractivity contribution < 1.29 is 5.11 Å². The number of aromatic nitrogens is 2. The first-order valence-corrected chi connectivity index (χ1v) is 16.1. The molecule has 2 heterocycles. The molecule has 0 amide bonds. The fourth-order valence-electron chi connectivity index (χ4n) is 7.89. The largest absolute Gasteiger partial charge is 0.394 e. The van der Waals surface area contributed by atoms with Crippen LogP contribution in [-0.4, -0.2) is 63.3 Å². The van der Waals surface area contributed by atoms with E-state index in [1.165, 1.54) is 11.0 Å². The van der Waals surface area contributed by atoms with Crippen molar-refractivity contribution in [3.8, 4) is 0 Å². The summed E-state index contributed by atoms with van der Waals surface area (Å²) in [4.78, 5) is 26.0. The number of nitrogens with one attached hydrogen (secondary N) is 2. The number of anilines is 1. The summed E-state index contributed by atoms with van der Waals surface area (Å²) in [5.41, 5.74) is 2.72.